The second kappa shape index (κ2) is 9.62. The average molecular weight is 495 g/mol. The number of hydrogen-bond acceptors (Lipinski definition) is 7. The zero-order chi connectivity index (χ0) is 22.8. The second-order valence-corrected chi connectivity index (χ2v) is 10.9. The number of hydrazone groups is 1. The van der Waals surface area contributed by atoms with E-state index in [0.717, 1.165) is 57.6 Å². The lowest BCUT2D eigenvalue weighted by Gasteiger charge is -2.13. The van der Waals surface area contributed by atoms with Crippen molar-refractivity contribution in [3.05, 3.63) is 73.0 Å². The number of thioether (sulfide) groups is 1. The number of nitrogens with zero attached hydrogens (tertiary/aromatic N) is 3. The van der Waals surface area contributed by atoms with Crippen LogP contribution in [0.4, 0.5) is 0 Å². The highest BCUT2D eigenvalue weighted by Crippen LogP contribution is 2.35. The van der Waals surface area contributed by atoms with Gasteiger partial charge >= 0.3 is 0 Å². The molecule has 0 saturated heterocycles. The first-order valence-corrected chi connectivity index (χ1v) is 13.4. The molecule has 1 N–H and O–H groups in total. The third-order valence-corrected chi connectivity index (χ3v) is 8.44. The molecule has 1 aliphatic rings. The van der Waals surface area contributed by atoms with Gasteiger partial charge in [-0.05, 0) is 61.7 Å². The molecule has 0 aliphatic heterocycles. The maximum Gasteiger partial charge on any atom is 0.267 e. The smallest absolute Gasteiger partial charge is 0.267 e. The van der Waals surface area contributed by atoms with Crippen molar-refractivity contribution < 1.29 is 4.79 Å². The van der Waals surface area contributed by atoms with Crippen molar-refractivity contribution in [1.29, 1.82) is 0 Å². The van der Waals surface area contributed by atoms with E-state index in [9.17, 15) is 9.59 Å². The zero-order valence-electron chi connectivity index (χ0n) is 18.0. The van der Waals surface area contributed by atoms with E-state index >= 15 is 0 Å². The summed E-state index contributed by atoms with van der Waals surface area (Å²) in [7, 11) is 0. The van der Waals surface area contributed by atoms with Crippen LogP contribution in [0.5, 0.6) is 0 Å². The van der Waals surface area contributed by atoms with Crippen LogP contribution in [0.15, 0.2) is 56.8 Å². The Bertz CT molecular complexity index is 1390. The van der Waals surface area contributed by atoms with Crippen LogP contribution in [-0.2, 0) is 17.6 Å². The van der Waals surface area contributed by atoms with Gasteiger partial charge in [-0.15, -0.1) is 22.7 Å². The van der Waals surface area contributed by atoms with Gasteiger partial charge in [0.2, 0.25) is 0 Å². The number of thiophene rings is 2. The monoisotopic (exact) mass is 494 g/mol. The van der Waals surface area contributed by atoms with Crippen LogP contribution in [0.25, 0.3) is 15.9 Å². The molecule has 9 heteroatoms. The van der Waals surface area contributed by atoms with Crippen molar-refractivity contribution in [3.8, 4) is 5.69 Å². The number of rotatable bonds is 6. The molecule has 1 aliphatic carbocycles. The molecule has 3 aromatic heterocycles. The van der Waals surface area contributed by atoms with Crippen LogP contribution < -0.4 is 11.0 Å². The Morgan fingerprint density at radius 2 is 2.06 bits per heavy atom. The van der Waals surface area contributed by atoms with Gasteiger partial charge in [0.15, 0.2) is 5.16 Å². The summed E-state index contributed by atoms with van der Waals surface area (Å²) in [5.41, 5.74) is 5.54. The topological polar surface area (TPSA) is 76.3 Å². The molecule has 0 unspecified atom stereocenters. The van der Waals surface area contributed by atoms with Gasteiger partial charge in [0.25, 0.3) is 11.5 Å². The summed E-state index contributed by atoms with van der Waals surface area (Å²) in [4.78, 5) is 34.0. The van der Waals surface area contributed by atoms with Gasteiger partial charge < -0.3 is 0 Å². The highest BCUT2D eigenvalue weighted by Gasteiger charge is 2.23. The highest BCUT2D eigenvalue weighted by atomic mass is 32.2. The summed E-state index contributed by atoms with van der Waals surface area (Å²) in [6.45, 7) is 2.01. The molecule has 3 heterocycles. The third-order valence-electron chi connectivity index (χ3n) is 5.51. The number of fused-ring (bicyclic) bond motifs is 3. The summed E-state index contributed by atoms with van der Waals surface area (Å²) in [5, 5.41) is 7.23. The number of hydrogen-bond donors (Lipinski definition) is 1. The maximum absolute atomic E-state index is 13.7. The van der Waals surface area contributed by atoms with E-state index in [1.54, 1.807) is 33.5 Å². The molecule has 0 bridgehead atoms. The van der Waals surface area contributed by atoms with Gasteiger partial charge in [-0.25, -0.2) is 10.4 Å². The highest BCUT2D eigenvalue weighted by molar-refractivity contribution is 7.99. The largest absolute Gasteiger partial charge is 0.272 e. The van der Waals surface area contributed by atoms with Gasteiger partial charge in [-0.2, -0.15) is 5.10 Å². The molecule has 1 aromatic carbocycles. The number of carbonyl (C=O) groups excluding carboxylic acids is 1. The minimum absolute atomic E-state index is 0.0538. The van der Waals surface area contributed by atoms with E-state index in [4.69, 9.17) is 4.98 Å². The summed E-state index contributed by atoms with van der Waals surface area (Å²) < 4.78 is 1.65. The lowest BCUT2D eigenvalue weighted by Crippen LogP contribution is -2.24. The van der Waals surface area contributed by atoms with Crippen LogP contribution >= 0.6 is 34.4 Å². The first-order chi connectivity index (χ1) is 16.1. The molecule has 6 nitrogen and oxygen atoms in total. The van der Waals surface area contributed by atoms with Crippen LogP contribution in [0.1, 0.15) is 33.7 Å². The lowest BCUT2D eigenvalue weighted by molar-refractivity contribution is -0.118. The van der Waals surface area contributed by atoms with Crippen LogP contribution in [-0.4, -0.2) is 27.4 Å². The molecule has 0 radical (unpaired) electrons. The van der Waals surface area contributed by atoms with Gasteiger partial charge in [0.1, 0.15) is 4.83 Å². The van der Waals surface area contributed by atoms with Crippen LogP contribution in [0, 0.1) is 6.92 Å². The summed E-state index contributed by atoms with van der Waals surface area (Å²) in [6.07, 6.45) is 5.81. The minimum Gasteiger partial charge on any atom is -0.272 e. The van der Waals surface area contributed by atoms with Crippen molar-refractivity contribution in [1.82, 2.24) is 15.0 Å². The Kier molecular flexibility index (Phi) is 6.43. The van der Waals surface area contributed by atoms with E-state index in [0.29, 0.717) is 5.16 Å². The Morgan fingerprint density at radius 1 is 1.24 bits per heavy atom. The Morgan fingerprint density at radius 3 is 2.85 bits per heavy atom. The number of aromatic nitrogens is 2. The minimum atomic E-state index is -0.247. The fraction of sp³-hybridized carbons (Fsp3) is 0.250. The van der Waals surface area contributed by atoms with Crippen LogP contribution in [0.2, 0.25) is 0 Å². The summed E-state index contributed by atoms with van der Waals surface area (Å²) in [6, 6.07) is 11.7. The predicted molar refractivity (Wildman–Crippen MR) is 137 cm³/mol. The maximum atomic E-state index is 13.7. The Balaban J connectivity index is 1.47. The fourth-order valence-corrected chi connectivity index (χ4v) is 6.59. The molecular weight excluding hydrogens is 472 g/mol. The van der Waals surface area contributed by atoms with Crippen molar-refractivity contribution in [2.75, 3.05) is 5.75 Å². The standard InChI is InChI=1S/C24H22N4O2S3/c1-15-8-10-16(11-9-15)28-23(30)21-18-6-2-3-7-19(18)33-22(21)26-24(28)32-14-20(29)27-25-13-17-5-4-12-31-17/h4-5,8-13H,2-3,6-7,14H2,1H3,(H,27,29). The number of carbonyl (C=O) groups is 1. The number of amides is 1. The number of aryl methyl sites for hydroxylation is 3. The first kappa shape index (κ1) is 22.1. The van der Waals surface area contributed by atoms with Gasteiger partial charge in [-0.1, -0.05) is 35.5 Å². The summed E-state index contributed by atoms with van der Waals surface area (Å²) in [5.74, 6) is -0.139. The third kappa shape index (κ3) is 4.66. The Hall–Kier alpha value is -2.75. The molecule has 168 valence electrons. The molecule has 33 heavy (non-hydrogen) atoms. The summed E-state index contributed by atoms with van der Waals surface area (Å²) >= 11 is 4.42. The van der Waals surface area contributed by atoms with Gasteiger partial charge in [-0.3, -0.25) is 14.2 Å². The first-order valence-electron chi connectivity index (χ1n) is 10.7. The van der Waals surface area contributed by atoms with E-state index in [-0.39, 0.29) is 17.2 Å². The molecule has 0 spiro atoms. The molecular formula is C24H22N4O2S3. The van der Waals surface area contributed by atoms with Crippen molar-refractivity contribution in [2.45, 2.75) is 37.8 Å². The Labute approximate surface area is 203 Å². The molecule has 0 fully saturated rings. The van der Waals surface area contributed by atoms with Crippen molar-refractivity contribution in [3.63, 3.8) is 0 Å². The van der Waals surface area contributed by atoms with E-state index in [1.165, 1.54) is 16.6 Å². The average Bonchev–Trinajstić information content (AvgIpc) is 3.46. The zero-order valence-corrected chi connectivity index (χ0v) is 20.5. The second-order valence-electron chi connectivity index (χ2n) is 7.86. The van der Waals surface area contributed by atoms with Crippen LogP contribution in [0.3, 0.4) is 0 Å². The normalized spacial score (nSPS) is 13.5. The molecule has 0 atom stereocenters. The van der Waals surface area contributed by atoms with Gasteiger partial charge in [0.05, 0.1) is 23.0 Å². The molecule has 4 aromatic rings. The van der Waals surface area contributed by atoms with Gasteiger partial charge in [0, 0.05) is 9.75 Å². The van der Waals surface area contributed by atoms with Crippen molar-refractivity contribution in [2.24, 2.45) is 5.10 Å². The molecule has 5 rings (SSSR count). The predicted octanol–water partition coefficient (Wildman–Crippen LogP) is 4.94. The fourth-order valence-electron chi connectivity index (χ4n) is 3.90. The SMILES string of the molecule is Cc1ccc(-n2c(SCC(=O)NN=Cc3cccs3)nc3sc4c(c3c2=O)CCCC4)cc1. The number of benzene rings is 1. The van der Waals surface area contributed by atoms with E-state index in [2.05, 4.69) is 10.5 Å². The van der Waals surface area contributed by atoms with E-state index in [1.807, 2.05) is 48.7 Å². The number of nitrogens with one attached hydrogen (secondary N) is 1. The lowest BCUT2D eigenvalue weighted by atomic mass is 9.97. The molecule has 1 amide bonds. The quantitative estimate of drug-likeness (QED) is 0.178. The van der Waals surface area contributed by atoms with E-state index < -0.39 is 0 Å². The van der Waals surface area contributed by atoms with Crippen molar-refractivity contribution >= 4 is 56.8 Å². The molecule has 0 saturated carbocycles.